The molecule has 0 saturated carbocycles. The third-order valence-corrected chi connectivity index (χ3v) is 5.44. The number of rotatable bonds is 0. The molecule has 0 bridgehead atoms. The monoisotopic (exact) mass is 354 g/mol. The molecule has 0 N–H and O–H groups in total. The van der Waals surface area contributed by atoms with Crippen LogP contribution in [0, 0.1) is 13.8 Å². The highest BCUT2D eigenvalue weighted by molar-refractivity contribution is 5.88. The molecule has 0 aliphatic heterocycles. The molecule has 0 radical (unpaired) electrons. The fourth-order valence-electron chi connectivity index (χ4n) is 4.16. The van der Waals surface area contributed by atoms with Gasteiger partial charge in [-0.15, -0.1) is 0 Å². The summed E-state index contributed by atoms with van der Waals surface area (Å²) in [5, 5.41) is 0. The van der Waals surface area contributed by atoms with E-state index in [1.807, 2.05) is 0 Å². The van der Waals surface area contributed by atoms with Crippen molar-refractivity contribution in [1.29, 1.82) is 0 Å². The maximum atomic E-state index is 15.0. The minimum atomic E-state index is -3.19. The van der Waals surface area contributed by atoms with Crippen LogP contribution in [0.1, 0.15) is 33.4 Å². The lowest BCUT2D eigenvalue weighted by atomic mass is 9.96. The Kier molecular flexibility index (Phi) is 2.74. The molecule has 2 aliphatic carbocycles. The molecule has 0 amide bonds. The van der Waals surface area contributed by atoms with Gasteiger partial charge in [-0.05, 0) is 60.4 Å². The molecule has 0 unspecified atom stereocenters. The van der Waals surface area contributed by atoms with Crippen molar-refractivity contribution in [3.63, 3.8) is 0 Å². The Hall–Kier alpha value is -2.62. The van der Waals surface area contributed by atoms with Crippen molar-refractivity contribution in [3.05, 3.63) is 81.9 Å². The molecule has 0 heterocycles. The van der Waals surface area contributed by atoms with E-state index < -0.39 is 11.8 Å². The highest BCUT2D eigenvalue weighted by Crippen LogP contribution is 2.58. The largest absolute Gasteiger partial charge is 0.299 e. The van der Waals surface area contributed by atoms with Gasteiger partial charge in [0, 0.05) is 22.3 Å². The molecule has 3 aromatic rings. The number of hydrogen-bond acceptors (Lipinski definition) is 0. The molecule has 2 aliphatic rings. The summed E-state index contributed by atoms with van der Waals surface area (Å²) in [5.74, 6) is -6.37. The van der Waals surface area contributed by atoms with E-state index in [1.165, 1.54) is 24.3 Å². The first-order valence-electron chi connectivity index (χ1n) is 8.39. The van der Waals surface area contributed by atoms with Gasteiger partial charge in [0.1, 0.15) is 0 Å². The van der Waals surface area contributed by atoms with Crippen LogP contribution in [0.15, 0.2) is 48.5 Å². The van der Waals surface area contributed by atoms with Crippen LogP contribution < -0.4 is 0 Å². The highest BCUT2D eigenvalue weighted by Gasteiger charge is 2.50. The predicted octanol–water partition coefficient (Wildman–Crippen LogP) is 6.54. The maximum Gasteiger partial charge on any atom is 0.299 e. The van der Waals surface area contributed by atoms with Crippen LogP contribution in [-0.2, 0) is 11.8 Å². The van der Waals surface area contributed by atoms with Crippen molar-refractivity contribution in [2.24, 2.45) is 0 Å². The van der Waals surface area contributed by atoms with Gasteiger partial charge in [-0.25, -0.2) is 0 Å². The summed E-state index contributed by atoms with van der Waals surface area (Å²) in [6.07, 6.45) is 0. The van der Waals surface area contributed by atoms with E-state index in [0.29, 0.717) is 11.1 Å². The summed E-state index contributed by atoms with van der Waals surface area (Å²) in [7, 11) is 0. The van der Waals surface area contributed by atoms with E-state index in [1.54, 1.807) is 38.1 Å². The van der Waals surface area contributed by atoms with Gasteiger partial charge in [0.25, 0.3) is 11.8 Å². The standard InChI is InChI=1S/C22H14F4/c1-11-3-5-13-15-9-20-16(10-19(15)21(23,24)17(13)7-11)14-6-4-12(2)8-18(14)22(20,25)26/h3-10H,1-2H3. The summed E-state index contributed by atoms with van der Waals surface area (Å²) in [6, 6.07) is 12.1. The molecule has 0 spiro atoms. The summed E-state index contributed by atoms with van der Waals surface area (Å²) >= 11 is 0. The lowest BCUT2D eigenvalue weighted by molar-refractivity contribution is 0.0450. The first-order chi connectivity index (χ1) is 12.2. The van der Waals surface area contributed by atoms with Crippen LogP contribution in [0.5, 0.6) is 0 Å². The quantitative estimate of drug-likeness (QED) is 0.402. The molecular formula is C22H14F4. The Labute approximate surface area is 148 Å². The second kappa shape index (κ2) is 4.56. The van der Waals surface area contributed by atoms with E-state index in [2.05, 4.69) is 0 Å². The Morgan fingerprint density at radius 3 is 1.23 bits per heavy atom. The molecule has 3 aromatic carbocycles. The second-order valence-corrected chi connectivity index (χ2v) is 7.19. The van der Waals surface area contributed by atoms with Gasteiger partial charge in [0.15, 0.2) is 0 Å². The average Bonchev–Trinajstić information content (AvgIpc) is 2.93. The van der Waals surface area contributed by atoms with Crippen molar-refractivity contribution in [2.75, 3.05) is 0 Å². The van der Waals surface area contributed by atoms with Crippen LogP contribution in [0.3, 0.4) is 0 Å². The average molecular weight is 354 g/mol. The van der Waals surface area contributed by atoms with Crippen molar-refractivity contribution < 1.29 is 17.6 Å². The van der Waals surface area contributed by atoms with Gasteiger partial charge >= 0.3 is 0 Å². The van der Waals surface area contributed by atoms with Crippen LogP contribution >= 0.6 is 0 Å². The smallest absolute Gasteiger partial charge is 0.196 e. The van der Waals surface area contributed by atoms with E-state index in [4.69, 9.17) is 0 Å². The molecule has 5 rings (SSSR count). The molecular weight excluding hydrogens is 340 g/mol. The van der Waals surface area contributed by atoms with E-state index in [9.17, 15) is 0 Å². The minimum absolute atomic E-state index is 0.108. The zero-order valence-electron chi connectivity index (χ0n) is 14.1. The van der Waals surface area contributed by atoms with Gasteiger partial charge < -0.3 is 0 Å². The van der Waals surface area contributed by atoms with Gasteiger partial charge in [0.2, 0.25) is 0 Å². The number of halogens is 4. The van der Waals surface area contributed by atoms with Crippen molar-refractivity contribution >= 4 is 0 Å². The fourth-order valence-corrected chi connectivity index (χ4v) is 4.16. The van der Waals surface area contributed by atoms with Crippen LogP contribution in [-0.4, -0.2) is 0 Å². The van der Waals surface area contributed by atoms with Crippen molar-refractivity contribution in [2.45, 2.75) is 25.7 Å². The zero-order valence-corrected chi connectivity index (χ0v) is 14.1. The lowest BCUT2D eigenvalue weighted by Crippen LogP contribution is -2.13. The predicted molar refractivity (Wildman–Crippen MR) is 92.8 cm³/mol. The second-order valence-electron chi connectivity index (χ2n) is 7.19. The molecule has 0 nitrogen and oxygen atoms in total. The van der Waals surface area contributed by atoms with E-state index in [-0.39, 0.29) is 33.4 Å². The Morgan fingerprint density at radius 1 is 0.500 bits per heavy atom. The van der Waals surface area contributed by atoms with Crippen LogP contribution in [0.4, 0.5) is 17.6 Å². The van der Waals surface area contributed by atoms with E-state index in [0.717, 1.165) is 11.1 Å². The Morgan fingerprint density at radius 2 is 0.846 bits per heavy atom. The van der Waals surface area contributed by atoms with Gasteiger partial charge in [-0.3, -0.25) is 0 Å². The van der Waals surface area contributed by atoms with Gasteiger partial charge in [0.05, 0.1) is 0 Å². The summed E-state index contributed by atoms with van der Waals surface area (Å²) in [4.78, 5) is 0. The number of aryl methyl sites for hydroxylation is 2. The van der Waals surface area contributed by atoms with Crippen molar-refractivity contribution in [3.8, 4) is 22.3 Å². The molecule has 4 heteroatoms. The highest BCUT2D eigenvalue weighted by atomic mass is 19.3. The number of fused-ring (bicyclic) bond motifs is 6. The van der Waals surface area contributed by atoms with Crippen molar-refractivity contribution in [1.82, 2.24) is 0 Å². The van der Waals surface area contributed by atoms with Crippen LogP contribution in [0.25, 0.3) is 22.3 Å². The summed E-state index contributed by atoms with van der Waals surface area (Å²) in [6.45, 7) is 3.48. The molecule has 0 saturated heterocycles. The van der Waals surface area contributed by atoms with Gasteiger partial charge in [-0.1, -0.05) is 35.4 Å². The third-order valence-electron chi connectivity index (χ3n) is 5.44. The molecule has 0 fully saturated rings. The zero-order chi connectivity index (χ0) is 18.4. The number of benzene rings is 3. The maximum absolute atomic E-state index is 15.0. The number of hydrogen-bond donors (Lipinski definition) is 0. The molecule has 0 atom stereocenters. The first-order valence-corrected chi connectivity index (χ1v) is 8.39. The first kappa shape index (κ1) is 15.6. The fraction of sp³-hybridized carbons (Fsp3) is 0.182. The number of alkyl halides is 4. The third kappa shape index (κ3) is 1.74. The Balaban J connectivity index is 1.84. The van der Waals surface area contributed by atoms with Crippen LogP contribution in [0.2, 0.25) is 0 Å². The minimum Gasteiger partial charge on any atom is -0.196 e. The van der Waals surface area contributed by atoms with Gasteiger partial charge in [-0.2, -0.15) is 17.6 Å². The molecule has 0 aromatic heterocycles. The summed E-state index contributed by atoms with van der Waals surface area (Å²) in [5.41, 5.74) is 1.91. The van der Waals surface area contributed by atoms with E-state index >= 15 is 17.6 Å². The summed E-state index contributed by atoms with van der Waals surface area (Å²) < 4.78 is 60.1. The molecule has 26 heavy (non-hydrogen) atoms. The molecule has 130 valence electrons. The SMILES string of the molecule is Cc1ccc2c(c1)C(F)(F)c1cc3c(cc1-2)C(F)(F)c1cc(C)ccc1-3. The normalized spacial score (nSPS) is 17.5. The lowest BCUT2D eigenvalue weighted by Gasteiger charge is -2.15. The Bertz CT molecular complexity index is 1020. The topological polar surface area (TPSA) is 0 Å².